The van der Waals surface area contributed by atoms with Crippen molar-refractivity contribution in [3.8, 4) is 0 Å². The van der Waals surface area contributed by atoms with E-state index in [1.54, 1.807) is 0 Å². The molecule has 0 aromatic carbocycles. The molecule has 2 atom stereocenters. The van der Waals surface area contributed by atoms with E-state index < -0.39 is 34.0 Å². The molecule has 21 heavy (non-hydrogen) atoms. The third kappa shape index (κ3) is 4.49. The minimum Gasteiger partial charge on any atom is -0.335 e. The van der Waals surface area contributed by atoms with Gasteiger partial charge in [0.15, 0.2) is 9.84 Å². The number of amides is 2. The van der Waals surface area contributed by atoms with Crippen LogP contribution in [0.2, 0.25) is 0 Å². The van der Waals surface area contributed by atoms with Gasteiger partial charge < -0.3 is 10.2 Å². The van der Waals surface area contributed by atoms with Crippen LogP contribution >= 0.6 is 0 Å². The number of carbonyl (C=O) groups excluding carboxylic acids is 1. The molecule has 1 heterocycles. The molecule has 1 N–H and O–H groups in total. The predicted octanol–water partition coefficient (Wildman–Crippen LogP) is 1.55. The van der Waals surface area contributed by atoms with E-state index >= 15 is 0 Å². The van der Waals surface area contributed by atoms with Gasteiger partial charge >= 0.3 is 12.2 Å². The van der Waals surface area contributed by atoms with E-state index in [0.29, 0.717) is 12.8 Å². The molecule has 2 aliphatic rings. The molecule has 2 rings (SSSR count). The topological polar surface area (TPSA) is 66.5 Å². The van der Waals surface area contributed by atoms with Crippen LogP contribution in [0.25, 0.3) is 0 Å². The first-order chi connectivity index (χ1) is 9.67. The van der Waals surface area contributed by atoms with Crippen LogP contribution in [0.4, 0.5) is 18.0 Å². The van der Waals surface area contributed by atoms with Crippen LogP contribution in [0.15, 0.2) is 0 Å². The van der Waals surface area contributed by atoms with Gasteiger partial charge in [0, 0.05) is 19.1 Å². The fourth-order valence-corrected chi connectivity index (χ4v) is 4.00. The Bertz CT molecular complexity index is 478. The van der Waals surface area contributed by atoms with Crippen molar-refractivity contribution in [2.45, 2.75) is 37.9 Å². The highest BCUT2D eigenvalue weighted by Gasteiger charge is 2.42. The molecule has 0 radical (unpaired) electrons. The zero-order valence-electron chi connectivity index (χ0n) is 11.5. The average Bonchev–Trinajstić information content (AvgIpc) is 2.37. The van der Waals surface area contributed by atoms with E-state index in [1.807, 2.05) is 0 Å². The fourth-order valence-electron chi connectivity index (χ4n) is 2.80. The monoisotopic (exact) mass is 328 g/mol. The molecule has 5 nitrogen and oxygen atoms in total. The third-order valence-electron chi connectivity index (χ3n) is 4.10. The van der Waals surface area contributed by atoms with Gasteiger partial charge in [0.1, 0.15) is 0 Å². The summed E-state index contributed by atoms with van der Waals surface area (Å²) in [5.74, 6) is -1.54. The molecular weight excluding hydrogens is 309 g/mol. The summed E-state index contributed by atoms with van der Waals surface area (Å²) in [6.07, 6.45) is -3.24. The first-order valence-electron chi connectivity index (χ1n) is 7.00. The molecule has 2 fully saturated rings. The van der Waals surface area contributed by atoms with Gasteiger partial charge in [0.2, 0.25) is 0 Å². The highest BCUT2D eigenvalue weighted by molar-refractivity contribution is 7.91. The van der Waals surface area contributed by atoms with E-state index in [9.17, 15) is 26.4 Å². The maximum atomic E-state index is 12.7. The molecule has 0 aromatic rings. The van der Waals surface area contributed by atoms with Gasteiger partial charge in [-0.15, -0.1) is 0 Å². The van der Waals surface area contributed by atoms with Gasteiger partial charge in [-0.1, -0.05) is 6.42 Å². The van der Waals surface area contributed by atoms with Crippen LogP contribution in [-0.4, -0.2) is 56.2 Å². The highest BCUT2D eigenvalue weighted by Crippen LogP contribution is 2.37. The van der Waals surface area contributed by atoms with Gasteiger partial charge in [-0.2, -0.15) is 13.2 Å². The van der Waals surface area contributed by atoms with E-state index in [2.05, 4.69) is 5.32 Å². The molecule has 2 amide bonds. The Balaban J connectivity index is 1.85. The number of halogens is 3. The SMILES string of the molecule is O=C(N[C@@H]1CCC[C@H](C(F)(F)F)C1)N1CCS(=O)(=O)CC1. The van der Waals surface area contributed by atoms with Crippen molar-refractivity contribution in [2.24, 2.45) is 5.92 Å². The largest absolute Gasteiger partial charge is 0.391 e. The zero-order chi connectivity index (χ0) is 15.7. The lowest BCUT2D eigenvalue weighted by atomic mass is 9.85. The molecule has 0 spiro atoms. The first-order valence-corrected chi connectivity index (χ1v) is 8.82. The summed E-state index contributed by atoms with van der Waals surface area (Å²) in [5.41, 5.74) is 0. The lowest BCUT2D eigenvalue weighted by Gasteiger charge is -2.33. The standard InChI is InChI=1S/C12H19F3N2O3S/c13-12(14,15)9-2-1-3-10(8-9)16-11(18)17-4-6-21(19,20)7-5-17/h9-10H,1-8H2,(H,16,18)/t9-,10+/m0/s1. The van der Waals surface area contributed by atoms with Crippen molar-refractivity contribution in [3.63, 3.8) is 0 Å². The minimum atomic E-state index is -4.22. The second kappa shape index (κ2) is 6.02. The van der Waals surface area contributed by atoms with E-state index in [0.717, 1.165) is 0 Å². The van der Waals surface area contributed by atoms with Gasteiger partial charge in [0.25, 0.3) is 0 Å². The predicted molar refractivity (Wildman–Crippen MR) is 70.6 cm³/mol. The van der Waals surface area contributed by atoms with Crippen LogP contribution in [0.5, 0.6) is 0 Å². The van der Waals surface area contributed by atoms with Crippen LogP contribution in [0, 0.1) is 5.92 Å². The third-order valence-corrected chi connectivity index (χ3v) is 5.71. The molecule has 9 heteroatoms. The second-order valence-corrected chi connectivity index (χ2v) is 7.99. The molecule has 1 saturated carbocycles. The Morgan fingerprint density at radius 1 is 1.14 bits per heavy atom. The van der Waals surface area contributed by atoms with Gasteiger partial charge in [-0.25, -0.2) is 13.2 Å². The molecule has 1 aliphatic carbocycles. The van der Waals surface area contributed by atoms with E-state index in [-0.39, 0.29) is 37.4 Å². The molecule has 0 aromatic heterocycles. The number of nitrogens with one attached hydrogen (secondary N) is 1. The number of sulfone groups is 1. The van der Waals surface area contributed by atoms with Crippen LogP contribution < -0.4 is 5.32 Å². The van der Waals surface area contributed by atoms with E-state index in [4.69, 9.17) is 0 Å². The summed E-state index contributed by atoms with van der Waals surface area (Å²) >= 11 is 0. The van der Waals surface area contributed by atoms with Gasteiger partial charge in [-0.3, -0.25) is 0 Å². The van der Waals surface area contributed by atoms with Crippen LogP contribution in [0.1, 0.15) is 25.7 Å². The quantitative estimate of drug-likeness (QED) is 0.794. The smallest absolute Gasteiger partial charge is 0.335 e. The highest BCUT2D eigenvalue weighted by atomic mass is 32.2. The summed E-state index contributed by atoms with van der Waals surface area (Å²) in [6, 6.07) is -0.950. The minimum absolute atomic E-state index is 0.0870. The Kier molecular flexibility index (Phi) is 4.69. The molecular formula is C12H19F3N2O3S. The molecule has 122 valence electrons. The zero-order valence-corrected chi connectivity index (χ0v) is 12.3. The second-order valence-electron chi connectivity index (χ2n) is 5.69. The Labute approximate surface area is 121 Å². The first kappa shape index (κ1) is 16.4. The van der Waals surface area contributed by atoms with Crippen molar-refractivity contribution >= 4 is 15.9 Å². The van der Waals surface area contributed by atoms with Gasteiger partial charge in [-0.05, 0) is 19.3 Å². The Hall–Kier alpha value is -0.990. The molecule has 1 saturated heterocycles. The maximum absolute atomic E-state index is 12.7. The average molecular weight is 328 g/mol. The van der Waals surface area contributed by atoms with Crippen LogP contribution in [-0.2, 0) is 9.84 Å². The number of hydrogen-bond donors (Lipinski definition) is 1. The normalized spacial score (nSPS) is 30.0. The van der Waals surface area contributed by atoms with Crippen molar-refractivity contribution < 1.29 is 26.4 Å². The fraction of sp³-hybridized carbons (Fsp3) is 0.917. The van der Waals surface area contributed by atoms with Gasteiger partial charge in [0.05, 0.1) is 17.4 Å². The molecule has 1 aliphatic heterocycles. The number of urea groups is 1. The van der Waals surface area contributed by atoms with Crippen LogP contribution in [0.3, 0.4) is 0 Å². The number of nitrogens with zero attached hydrogens (tertiary/aromatic N) is 1. The number of alkyl halides is 3. The van der Waals surface area contributed by atoms with Crippen molar-refractivity contribution in [1.29, 1.82) is 0 Å². The molecule has 0 bridgehead atoms. The summed E-state index contributed by atoms with van der Waals surface area (Å²) in [5, 5.41) is 2.61. The summed E-state index contributed by atoms with van der Waals surface area (Å²) in [4.78, 5) is 13.3. The molecule has 0 unspecified atom stereocenters. The number of hydrogen-bond acceptors (Lipinski definition) is 3. The lowest BCUT2D eigenvalue weighted by Crippen LogP contribution is -2.51. The maximum Gasteiger partial charge on any atom is 0.391 e. The number of rotatable bonds is 1. The Morgan fingerprint density at radius 2 is 1.76 bits per heavy atom. The lowest BCUT2D eigenvalue weighted by molar-refractivity contribution is -0.183. The van der Waals surface area contributed by atoms with E-state index in [1.165, 1.54) is 4.90 Å². The van der Waals surface area contributed by atoms with Crippen molar-refractivity contribution in [3.05, 3.63) is 0 Å². The van der Waals surface area contributed by atoms with Crippen molar-refractivity contribution in [2.75, 3.05) is 24.6 Å². The van der Waals surface area contributed by atoms with Crippen molar-refractivity contribution in [1.82, 2.24) is 10.2 Å². The summed E-state index contributed by atoms with van der Waals surface area (Å²) < 4.78 is 60.7. The summed E-state index contributed by atoms with van der Waals surface area (Å²) in [7, 11) is -3.08. The Morgan fingerprint density at radius 3 is 2.33 bits per heavy atom. The number of carbonyl (C=O) groups is 1. The summed E-state index contributed by atoms with van der Waals surface area (Å²) in [6.45, 7) is 0.202.